The minimum Gasteiger partial charge on any atom is -0.380 e. The zero-order chi connectivity index (χ0) is 14.3. The van der Waals surface area contributed by atoms with Gasteiger partial charge in [-0.05, 0) is 44.0 Å². The quantitative estimate of drug-likeness (QED) is 0.496. The summed E-state index contributed by atoms with van der Waals surface area (Å²) in [5, 5.41) is 3.91. The molecule has 0 bridgehead atoms. The first-order valence-electron chi connectivity index (χ1n) is 5.53. The Morgan fingerprint density at radius 1 is 1.10 bits per heavy atom. The standard InChI is InChI=1S/C13H7Br3N2OS/c14-8-4-2-1-3-6(8)10-11(19-18-13(10)17)7-5-9(15)20-12(7)16/h1-5H,(H2,17,18). The van der Waals surface area contributed by atoms with Crippen LogP contribution in [0.2, 0.25) is 0 Å². The predicted molar refractivity (Wildman–Crippen MR) is 92.8 cm³/mol. The monoisotopic (exact) mass is 476 g/mol. The lowest BCUT2D eigenvalue weighted by atomic mass is 10.0. The highest BCUT2D eigenvalue weighted by Gasteiger charge is 2.22. The number of benzene rings is 1. The molecule has 3 aromatic rings. The number of hydrogen-bond acceptors (Lipinski definition) is 4. The molecule has 0 amide bonds. The molecule has 0 saturated heterocycles. The van der Waals surface area contributed by atoms with Crippen LogP contribution >= 0.6 is 59.1 Å². The van der Waals surface area contributed by atoms with E-state index in [1.165, 1.54) is 0 Å². The van der Waals surface area contributed by atoms with E-state index in [1.807, 2.05) is 30.3 Å². The summed E-state index contributed by atoms with van der Waals surface area (Å²) in [4.78, 5) is 0. The Morgan fingerprint density at radius 3 is 2.50 bits per heavy atom. The molecule has 1 aromatic carbocycles. The number of hydrogen-bond donors (Lipinski definition) is 1. The van der Waals surface area contributed by atoms with Gasteiger partial charge in [0.1, 0.15) is 0 Å². The topological polar surface area (TPSA) is 52.0 Å². The maximum atomic E-state index is 5.99. The van der Waals surface area contributed by atoms with Gasteiger partial charge < -0.3 is 10.3 Å². The minimum atomic E-state index is 0.376. The van der Waals surface area contributed by atoms with E-state index in [9.17, 15) is 0 Å². The van der Waals surface area contributed by atoms with Gasteiger partial charge in [-0.15, -0.1) is 11.3 Å². The smallest absolute Gasteiger partial charge is 0.178 e. The van der Waals surface area contributed by atoms with Crippen LogP contribution < -0.4 is 5.73 Å². The fraction of sp³-hybridized carbons (Fsp3) is 0. The van der Waals surface area contributed by atoms with E-state index in [0.29, 0.717) is 11.6 Å². The summed E-state index contributed by atoms with van der Waals surface area (Å²) in [6.45, 7) is 0. The van der Waals surface area contributed by atoms with Gasteiger partial charge in [-0.25, -0.2) is 0 Å². The molecule has 0 fully saturated rings. The molecule has 2 aromatic heterocycles. The van der Waals surface area contributed by atoms with Crippen molar-refractivity contribution in [1.82, 2.24) is 5.16 Å². The third kappa shape index (κ3) is 2.47. The molecule has 2 N–H and O–H groups in total. The second-order valence-corrected chi connectivity index (χ2v) is 8.59. The van der Waals surface area contributed by atoms with Crippen molar-refractivity contribution in [2.24, 2.45) is 0 Å². The van der Waals surface area contributed by atoms with Crippen LogP contribution in [0.1, 0.15) is 0 Å². The van der Waals surface area contributed by atoms with Gasteiger partial charge in [-0.1, -0.05) is 39.3 Å². The van der Waals surface area contributed by atoms with Crippen molar-refractivity contribution in [1.29, 1.82) is 0 Å². The molecule has 0 atom stereocenters. The second kappa shape index (κ2) is 5.63. The van der Waals surface area contributed by atoms with Gasteiger partial charge in [0.15, 0.2) is 11.6 Å². The first-order valence-corrected chi connectivity index (χ1v) is 8.72. The van der Waals surface area contributed by atoms with Gasteiger partial charge in [0, 0.05) is 15.6 Å². The van der Waals surface area contributed by atoms with E-state index in [4.69, 9.17) is 10.3 Å². The molecule has 0 radical (unpaired) electrons. The summed E-state index contributed by atoms with van der Waals surface area (Å²) in [6.07, 6.45) is 0. The van der Waals surface area contributed by atoms with Crippen molar-refractivity contribution in [3.05, 3.63) is 42.4 Å². The molecule has 0 spiro atoms. The number of nitrogens with two attached hydrogens (primary N) is 1. The minimum absolute atomic E-state index is 0.376. The zero-order valence-corrected chi connectivity index (χ0v) is 15.4. The van der Waals surface area contributed by atoms with Crippen LogP contribution in [-0.2, 0) is 0 Å². The largest absolute Gasteiger partial charge is 0.380 e. The molecule has 2 heterocycles. The van der Waals surface area contributed by atoms with Gasteiger partial charge in [0.2, 0.25) is 0 Å². The fourth-order valence-electron chi connectivity index (χ4n) is 1.91. The average Bonchev–Trinajstić information content (AvgIpc) is 2.93. The van der Waals surface area contributed by atoms with Crippen LogP contribution in [0.3, 0.4) is 0 Å². The van der Waals surface area contributed by atoms with Gasteiger partial charge in [0.05, 0.1) is 13.1 Å². The molecule has 102 valence electrons. The fourth-order valence-corrected chi connectivity index (χ4v) is 5.18. The van der Waals surface area contributed by atoms with Gasteiger partial charge in [-0.2, -0.15) is 0 Å². The molecule has 0 aliphatic rings. The molecule has 3 rings (SSSR count). The SMILES string of the molecule is Nc1noc(-c2cc(Br)sc2Br)c1-c1ccccc1Br. The van der Waals surface area contributed by atoms with Crippen molar-refractivity contribution < 1.29 is 4.52 Å². The van der Waals surface area contributed by atoms with Crippen molar-refractivity contribution in [3.8, 4) is 22.5 Å². The first-order chi connectivity index (χ1) is 9.58. The highest BCUT2D eigenvalue weighted by molar-refractivity contribution is 9.12. The Hall–Kier alpha value is -0.630. The van der Waals surface area contributed by atoms with Crippen LogP contribution in [0.25, 0.3) is 22.5 Å². The average molecular weight is 479 g/mol. The molecule has 0 saturated carbocycles. The lowest BCUT2D eigenvalue weighted by Gasteiger charge is -2.04. The Balaban J connectivity index is 2.26. The van der Waals surface area contributed by atoms with Gasteiger partial charge >= 0.3 is 0 Å². The van der Waals surface area contributed by atoms with Gasteiger partial charge in [0.25, 0.3) is 0 Å². The summed E-state index contributed by atoms with van der Waals surface area (Å²) in [5.74, 6) is 1.03. The Labute approximate surface area is 144 Å². The third-order valence-electron chi connectivity index (χ3n) is 2.76. The number of nitrogen functional groups attached to an aromatic ring is 1. The highest BCUT2D eigenvalue weighted by Crippen LogP contribution is 2.45. The lowest BCUT2D eigenvalue weighted by molar-refractivity contribution is 0.436. The molecule has 7 heteroatoms. The second-order valence-electron chi connectivity index (χ2n) is 3.99. The molecular weight excluding hydrogens is 472 g/mol. The van der Waals surface area contributed by atoms with E-state index < -0.39 is 0 Å². The molecule has 0 aliphatic carbocycles. The van der Waals surface area contributed by atoms with Crippen LogP contribution in [-0.4, -0.2) is 5.16 Å². The van der Waals surface area contributed by atoms with E-state index in [2.05, 4.69) is 52.9 Å². The molecule has 0 aliphatic heterocycles. The number of rotatable bonds is 2. The van der Waals surface area contributed by atoms with Crippen molar-refractivity contribution in [2.75, 3.05) is 5.73 Å². The number of aromatic nitrogens is 1. The summed E-state index contributed by atoms with van der Waals surface area (Å²) in [5.41, 5.74) is 8.66. The normalized spacial score (nSPS) is 10.9. The molecular formula is C13H7Br3N2OS. The maximum Gasteiger partial charge on any atom is 0.178 e. The zero-order valence-electron chi connectivity index (χ0n) is 9.86. The predicted octanol–water partition coefficient (Wildman–Crippen LogP) is 5.94. The summed E-state index contributed by atoms with van der Waals surface area (Å²) >= 11 is 12.1. The summed E-state index contributed by atoms with van der Waals surface area (Å²) in [6, 6.07) is 9.83. The van der Waals surface area contributed by atoms with Crippen molar-refractivity contribution in [3.63, 3.8) is 0 Å². The van der Waals surface area contributed by atoms with E-state index >= 15 is 0 Å². The third-order valence-corrected chi connectivity index (χ3v) is 5.79. The first kappa shape index (κ1) is 14.3. The van der Waals surface area contributed by atoms with Crippen LogP contribution in [0.5, 0.6) is 0 Å². The van der Waals surface area contributed by atoms with Crippen LogP contribution in [0.15, 0.2) is 46.9 Å². The summed E-state index contributed by atoms with van der Waals surface area (Å²) in [7, 11) is 0. The Bertz CT molecular complexity index is 782. The van der Waals surface area contributed by atoms with Crippen molar-refractivity contribution in [2.45, 2.75) is 0 Å². The molecule has 20 heavy (non-hydrogen) atoms. The van der Waals surface area contributed by atoms with E-state index in [-0.39, 0.29) is 0 Å². The maximum absolute atomic E-state index is 5.99. The van der Waals surface area contributed by atoms with Gasteiger partial charge in [-0.3, -0.25) is 0 Å². The Kier molecular flexibility index (Phi) is 4.03. The number of halogens is 3. The number of anilines is 1. The lowest BCUT2D eigenvalue weighted by Crippen LogP contribution is -1.89. The van der Waals surface area contributed by atoms with E-state index in [1.54, 1.807) is 11.3 Å². The highest BCUT2D eigenvalue weighted by atomic mass is 79.9. The molecule has 0 unspecified atom stereocenters. The van der Waals surface area contributed by atoms with E-state index in [0.717, 1.165) is 28.7 Å². The summed E-state index contributed by atoms with van der Waals surface area (Å²) < 4.78 is 8.36. The van der Waals surface area contributed by atoms with Crippen molar-refractivity contribution >= 4 is 64.9 Å². The van der Waals surface area contributed by atoms with Crippen LogP contribution in [0, 0.1) is 0 Å². The number of nitrogens with zero attached hydrogens (tertiary/aromatic N) is 1. The Morgan fingerprint density at radius 2 is 1.85 bits per heavy atom. The number of thiophene rings is 1. The molecule has 3 nitrogen and oxygen atoms in total. The van der Waals surface area contributed by atoms with Crippen LogP contribution in [0.4, 0.5) is 5.82 Å².